The molecule has 0 spiro atoms. The fourth-order valence-electron chi connectivity index (χ4n) is 1.06. The Kier molecular flexibility index (Phi) is 2.48. The number of cyclic esters (lactones) is 1. The van der Waals surface area contributed by atoms with Gasteiger partial charge in [-0.05, 0) is 0 Å². The Bertz CT molecular complexity index is 343. The Morgan fingerprint density at radius 1 is 1.23 bits per heavy atom. The number of hydrogen-bond acceptors (Lipinski definition) is 2. The second-order valence-electron chi connectivity index (χ2n) is 2.63. The standard InChI is InChI=1S/C10H8O2Se/c11-10-6-9(7-12-10)13-8-4-2-1-3-5-8/h1-6H,7H2. The molecular weight excluding hydrogens is 231 g/mol. The van der Waals surface area contributed by atoms with Crippen molar-refractivity contribution in [3.63, 3.8) is 0 Å². The molecule has 13 heavy (non-hydrogen) atoms. The van der Waals surface area contributed by atoms with Gasteiger partial charge in [0.2, 0.25) is 0 Å². The number of carbonyl (C=O) groups excluding carboxylic acids is 1. The average Bonchev–Trinajstić information content (AvgIpc) is 2.53. The molecule has 0 amide bonds. The van der Waals surface area contributed by atoms with E-state index >= 15 is 0 Å². The van der Waals surface area contributed by atoms with Crippen molar-refractivity contribution in [3.05, 3.63) is 40.9 Å². The number of ether oxygens (including phenoxy) is 1. The molecule has 0 fully saturated rings. The first-order valence-electron chi connectivity index (χ1n) is 3.95. The van der Waals surface area contributed by atoms with Crippen LogP contribution < -0.4 is 4.46 Å². The Morgan fingerprint density at radius 2 is 2.00 bits per heavy atom. The van der Waals surface area contributed by atoms with E-state index in [2.05, 4.69) is 12.1 Å². The summed E-state index contributed by atoms with van der Waals surface area (Å²) in [6.07, 6.45) is 1.60. The predicted molar refractivity (Wildman–Crippen MR) is 50.9 cm³/mol. The van der Waals surface area contributed by atoms with Crippen LogP contribution in [0.5, 0.6) is 0 Å². The Balaban J connectivity index is 2.07. The summed E-state index contributed by atoms with van der Waals surface area (Å²) < 4.78 is 7.21. The van der Waals surface area contributed by atoms with E-state index in [0.717, 1.165) is 4.47 Å². The Morgan fingerprint density at radius 3 is 2.62 bits per heavy atom. The van der Waals surface area contributed by atoms with Crippen molar-refractivity contribution in [1.82, 2.24) is 0 Å². The molecule has 0 saturated carbocycles. The fraction of sp³-hybridized carbons (Fsp3) is 0.100. The molecule has 1 aromatic carbocycles. The van der Waals surface area contributed by atoms with Crippen molar-refractivity contribution in [3.8, 4) is 0 Å². The van der Waals surface area contributed by atoms with Crippen LogP contribution in [0.4, 0.5) is 0 Å². The number of esters is 1. The summed E-state index contributed by atoms with van der Waals surface area (Å²) in [5, 5.41) is 0. The maximum atomic E-state index is 10.8. The molecule has 0 N–H and O–H groups in total. The second kappa shape index (κ2) is 3.77. The zero-order valence-electron chi connectivity index (χ0n) is 6.90. The molecule has 66 valence electrons. The molecule has 0 aromatic heterocycles. The molecule has 0 aliphatic carbocycles. The van der Waals surface area contributed by atoms with E-state index in [9.17, 15) is 4.79 Å². The fourth-order valence-corrected chi connectivity index (χ4v) is 2.88. The van der Waals surface area contributed by atoms with E-state index in [1.165, 1.54) is 4.46 Å². The molecule has 0 atom stereocenters. The predicted octanol–water partition coefficient (Wildman–Crippen LogP) is 0.457. The summed E-state index contributed by atoms with van der Waals surface area (Å²) in [7, 11) is 0. The monoisotopic (exact) mass is 240 g/mol. The van der Waals surface area contributed by atoms with Crippen molar-refractivity contribution < 1.29 is 9.53 Å². The van der Waals surface area contributed by atoms with Crippen molar-refractivity contribution in [2.45, 2.75) is 0 Å². The topological polar surface area (TPSA) is 26.3 Å². The van der Waals surface area contributed by atoms with E-state index in [4.69, 9.17) is 4.74 Å². The van der Waals surface area contributed by atoms with Gasteiger partial charge in [-0.3, -0.25) is 0 Å². The van der Waals surface area contributed by atoms with Crippen LogP contribution in [0, 0.1) is 0 Å². The number of benzene rings is 1. The van der Waals surface area contributed by atoms with Crippen LogP contribution in [0.3, 0.4) is 0 Å². The average molecular weight is 239 g/mol. The molecule has 2 nitrogen and oxygen atoms in total. The van der Waals surface area contributed by atoms with Crippen LogP contribution >= 0.6 is 0 Å². The van der Waals surface area contributed by atoms with Gasteiger partial charge in [-0.2, -0.15) is 0 Å². The Hall–Kier alpha value is -1.05. The summed E-state index contributed by atoms with van der Waals surface area (Å²) in [6, 6.07) is 10.2. The molecule has 1 aliphatic rings. The van der Waals surface area contributed by atoms with Gasteiger partial charge in [-0.1, -0.05) is 0 Å². The van der Waals surface area contributed by atoms with Gasteiger partial charge in [0.15, 0.2) is 0 Å². The van der Waals surface area contributed by atoms with Crippen molar-refractivity contribution >= 4 is 25.4 Å². The zero-order chi connectivity index (χ0) is 9.10. The minimum atomic E-state index is -0.201. The zero-order valence-corrected chi connectivity index (χ0v) is 8.61. The summed E-state index contributed by atoms with van der Waals surface area (Å²) in [5.41, 5.74) is 0. The van der Waals surface area contributed by atoms with Gasteiger partial charge in [0.25, 0.3) is 0 Å². The molecule has 2 rings (SSSR count). The van der Waals surface area contributed by atoms with E-state index in [0.29, 0.717) is 6.61 Å². The molecule has 0 bridgehead atoms. The normalized spacial score (nSPS) is 15.4. The van der Waals surface area contributed by atoms with Crippen LogP contribution in [0.25, 0.3) is 0 Å². The van der Waals surface area contributed by atoms with E-state index < -0.39 is 0 Å². The van der Waals surface area contributed by atoms with Crippen LogP contribution in [0.15, 0.2) is 40.9 Å². The molecule has 0 saturated heterocycles. The summed E-state index contributed by atoms with van der Waals surface area (Å²) in [6.45, 7) is 0.480. The van der Waals surface area contributed by atoms with E-state index in [-0.39, 0.29) is 20.9 Å². The van der Waals surface area contributed by atoms with Crippen LogP contribution in [0.1, 0.15) is 0 Å². The molecule has 3 heteroatoms. The molecule has 1 aliphatic heterocycles. The third-order valence-electron chi connectivity index (χ3n) is 1.63. The molecule has 0 radical (unpaired) electrons. The van der Waals surface area contributed by atoms with Crippen molar-refractivity contribution in [2.24, 2.45) is 0 Å². The summed E-state index contributed by atoms with van der Waals surface area (Å²) in [5.74, 6) is -0.201. The van der Waals surface area contributed by atoms with Crippen molar-refractivity contribution in [1.29, 1.82) is 0 Å². The van der Waals surface area contributed by atoms with Crippen LogP contribution in [0.2, 0.25) is 0 Å². The van der Waals surface area contributed by atoms with Gasteiger partial charge in [-0.15, -0.1) is 0 Å². The quantitative estimate of drug-likeness (QED) is 0.553. The van der Waals surface area contributed by atoms with Gasteiger partial charge in [-0.25, -0.2) is 0 Å². The minimum absolute atomic E-state index is 0.201. The second-order valence-corrected chi connectivity index (χ2v) is 5.15. The van der Waals surface area contributed by atoms with Crippen LogP contribution in [-0.2, 0) is 9.53 Å². The first-order chi connectivity index (χ1) is 6.34. The Labute approximate surface area is 82.8 Å². The van der Waals surface area contributed by atoms with Gasteiger partial charge < -0.3 is 0 Å². The van der Waals surface area contributed by atoms with Gasteiger partial charge in [0.05, 0.1) is 0 Å². The summed E-state index contributed by atoms with van der Waals surface area (Å²) >= 11 is 0.243. The third-order valence-corrected chi connectivity index (χ3v) is 3.74. The maximum absolute atomic E-state index is 10.8. The van der Waals surface area contributed by atoms with Gasteiger partial charge in [0.1, 0.15) is 0 Å². The molecule has 1 heterocycles. The first-order valence-corrected chi connectivity index (χ1v) is 5.66. The molecular formula is C10H8O2Se. The van der Waals surface area contributed by atoms with Gasteiger partial charge in [0, 0.05) is 0 Å². The number of hydrogen-bond donors (Lipinski definition) is 0. The SMILES string of the molecule is O=C1C=C([Se]c2ccccc2)CO1. The van der Waals surface area contributed by atoms with E-state index in [1.807, 2.05) is 18.2 Å². The molecule has 1 aromatic rings. The third kappa shape index (κ3) is 2.20. The number of carbonyl (C=O) groups is 1. The van der Waals surface area contributed by atoms with Crippen molar-refractivity contribution in [2.75, 3.05) is 6.61 Å². The first kappa shape index (κ1) is 8.54. The van der Waals surface area contributed by atoms with E-state index in [1.54, 1.807) is 6.08 Å². The van der Waals surface area contributed by atoms with Crippen LogP contribution in [-0.4, -0.2) is 27.5 Å². The molecule has 0 unspecified atom stereocenters. The number of rotatable bonds is 2. The summed E-state index contributed by atoms with van der Waals surface area (Å²) in [4.78, 5) is 10.8. The van der Waals surface area contributed by atoms with Gasteiger partial charge >= 0.3 is 82.4 Å².